The molecule has 4 rings (SSSR count). The molecule has 1 heterocycles. The van der Waals surface area contributed by atoms with Gasteiger partial charge in [-0.2, -0.15) is 0 Å². The van der Waals surface area contributed by atoms with Crippen LogP contribution in [0.5, 0.6) is 11.5 Å². The van der Waals surface area contributed by atoms with E-state index in [1.165, 1.54) is 11.8 Å². The molecule has 9 nitrogen and oxygen atoms in total. The Morgan fingerprint density at radius 3 is 2.51 bits per heavy atom. The fourth-order valence-corrected chi connectivity index (χ4v) is 5.80. The van der Waals surface area contributed by atoms with Gasteiger partial charge in [-0.15, -0.1) is 0 Å². The molecule has 2 amide bonds. The van der Waals surface area contributed by atoms with E-state index < -0.39 is 28.5 Å². The van der Waals surface area contributed by atoms with Gasteiger partial charge in [-0.25, -0.2) is 8.42 Å². The summed E-state index contributed by atoms with van der Waals surface area (Å²) in [6, 6.07) is 11.8. The summed E-state index contributed by atoms with van der Waals surface area (Å²) in [6.45, 7) is 4.97. The summed E-state index contributed by atoms with van der Waals surface area (Å²) in [5.74, 6) is 0.0418. The van der Waals surface area contributed by atoms with Crippen LogP contribution < -0.4 is 19.1 Å². The van der Waals surface area contributed by atoms with E-state index in [1.807, 2.05) is 31.2 Å². The Morgan fingerprint density at radius 1 is 1.08 bits per heavy atom. The van der Waals surface area contributed by atoms with Crippen molar-refractivity contribution >= 4 is 27.5 Å². The highest BCUT2D eigenvalue weighted by Crippen LogP contribution is 2.36. The van der Waals surface area contributed by atoms with E-state index in [2.05, 4.69) is 5.32 Å². The van der Waals surface area contributed by atoms with Crippen molar-refractivity contribution in [2.45, 2.75) is 65.1 Å². The van der Waals surface area contributed by atoms with E-state index in [0.717, 1.165) is 41.1 Å². The second-order valence-electron chi connectivity index (χ2n) is 9.62. The van der Waals surface area contributed by atoms with Gasteiger partial charge < -0.3 is 19.7 Å². The summed E-state index contributed by atoms with van der Waals surface area (Å²) < 4.78 is 38.0. The molecular formula is C27H35N3O6S. The molecule has 1 fully saturated rings. The number of rotatable bonds is 10. The number of amides is 2. The molecule has 200 valence electrons. The second-order valence-corrected chi connectivity index (χ2v) is 11.8. The molecule has 1 aliphatic carbocycles. The highest BCUT2D eigenvalue weighted by molar-refractivity contribution is 7.92. The minimum Gasteiger partial charge on any atom is -0.454 e. The quantitative estimate of drug-likeness (QED) is 0.506. The Labute approximate surface area is 218 Å². The number of sulfonamides is 1. The number of carbonyl (C=O) groups excluding carboxylic acids is 2. The van der Waals surface area contributed by atoms with E-state index in [0.29, 0.717) is 17.2 Å². The van der Waals surface area contributed by atoms with Gasteiger partial charge in [-0.3, -0.25) is 13.9 Å². The van der Waals surface area contributed by atoms with Crippen LogP contribution in [-0.2, 0) is 26.2 Å². The van der Waals surface area contributed by atoms with Gasteiger partial charge in [-0.1, -0.05) is 42.7 Å². The first-order chi connectivity index (χ1) is 17.7. The summed E-state index contributed by atoms with van der Waals surface area (Å²) in [4.78, 5) is 28.4. The number of nitrogens with zero attached hydrogens (tertiary/aromatic N) is 2. The second kappa shape index (κ2) is 11.4. The molecule has 0 radical (unpaired) electrons. The molecule has 37 heavy (non-hydrogen) atoms. The monoisotopic (exact) mass is 529 g/mol. The van der Waals surface area contributed by atoms with E-state index >= 15 is 0 Å². The number of ether oxygens (including phenoxy) is 2. The zero-order valence-electron chi connectivity index (χ0n) is 21.6. The van der Waals surface area contributed by atoms with Crippen LogP contribution in [-0.4, -0.2) is 56.3 Å². The Balaban J connectivity index is 1.62. The standard InChI is InChI=1S/C27H35N3O6S/c1-4-37(33,34)30(23-12-13-24-25(15-23)36-18-35-24)17-26(31)29(16-21-9-7-8-19(2)14-21)20(3)27(32)28-22-10-5-6-11-22/h7-9,12-15,20,22H,4-6,10-11,16-18H2,1-3H3,(H,28,32). The lowest BCUT2D eigenvalue weighted by molar-refractivity contribution is -0.139. The number of nitrogens with one attached hydrogen (secondary N) is 1. The smallest absolute Gasteiger partial charge is 0.244 e. The van der Waals surface area contributed by atoms with Gasteiger partial charge in [0, 0.05) is 18.7 Å². The molecule has 0 bridgehead atoms. The first kappa shape index (κ1) is 26.8. The fraction of sp³-hybridized carbons (Fsp3) is 0.481. The van der Waals surface area contributed by atoms with Crippen LogP contribution in [0.1, 0.15) is 50.7 Å². The number of carbonyl (C=O) groups is 2. The molecule has 1 unspecified atom stereocenters. The van der Waals surface area contributed by atoms with Crippen LogP contribution in [0, 0.1) is 6.92 Å². The van der Waals surface area contributed by atoms with Gasteiger partial charge in [0.05, 0.1) is 11.4 Å². The normalized spacial score (nSPS) is 15.9. The molecule has 1 N–H and O–H groups in total. The molecule has 2 aliphatic rings. The molecule has 1 atom stereocenters. The van der Waals surface area contributed by atoms with Crippen molar-refractivity contribution in [1.29, 1.82) is 0 Å². The summed E-state index contributed by atoms with van der Waals surface area (Å²) >= 11 is 0. The maximum atomic E-state index is 13.8. The van der Waals surface area contributed by atoms with Crippen molar-refractivity contribution < 1.29 is 27.5 Å². The van der Waals surface area contributed by atoms with Crippen molar-refractivity contribution in [2.24, 2.45) is 0 Å². The number of aryl methyl sites for hydroxylation is 1. The lowest BCUT2D eigenvalue weighted by Gasteiger charge is -2.32. The van der Waals surface area contributed by atoms with E-state index in [9.17, 15) is 18.0 Å². The van der Waals surface area contributed by atoms with Crippen LogP contribution in [0.3, 0.4) is 0 Å². The molecule has 0 spiro atoms. The third kappa shape index (κ3) is 6.36. The van der Waals surface area contributed by atoms with E-state index in [-0.39, 0.29) is 31.0 Å². The molecule has 10 heteroatoms. The van der Waals surface area contributed by atoms with Crippen LogP contribution in [0.2, 0.25) is 0 Å². The third-order valence-corrected chi connectivity index (χ3v) is 8.67. The Kier molecular flexibility index (Phi) is 8.26. The Bertz CT molecular complexity index is 1240. The average Bonchev–Trinajstić information content (AvgIpc) is 3.56. The maximum Gasteiger partial charge on any atom is 0.244 e. The molecule has 2 aromatic carbocycles. The number of hydrogen-bond acceptors (Lipinski definition) is 6. The largest absolute Gasteiger partial charge is 0.454 e. The Hall–Kier alpha value is -3.27. The van der Waals surface area contributed by atoms with E-state index in [1.54, 1.807) is 25.1 Å². The zero-order valence-corrected chi connectivity index (χ0v) is 22.4. The summed E-state index contributed by atoms with van der Waals surface area (Å²) in [5, 5.41) is 3.07. The van der Waals surface area contributed by atoms with Crippen LogP contribution in [0.15, 0.2) is 42.5 Å². The van der Waals surface area contributed by atoms with Crippen LogP contribution in [0.25, 0.3) is 0 Å². The van der Waals surface area contributed by atoms with Gasteiger partial charge >= 0.3 is 0 Å². The topological polar surface area (TPSA) is 105 Å². The molecule has 0 aromatic heterocycles. The molecule has 1 saturated carbocycles. The number of benzene rings is 2. The van der Waals surface area contributed by atoms with Gasteiger partial charge in [-0.05, 0) is 51.3 Å². The van der Waals surface area contributed by atoms with E-state index in [4.69, 9.17) is 9.47 Å². The summed E-state index contributed by atoms with van der Waals surface area (Å²) in [6.07, 6.45) is 4.00. The lowest BCUT2D eigenvalue weighted by atomic mass is 10.1. The maximum absolute atomic E-state index is 13.8. The highest BCUT2D eigenvalue weighted by atomic mass is 32.2. The Morgan fingerprint density at radius 2 is 1.81 bits per heavy atom. The minimum atomic E-state index is -3.81. The highest BCUT2D eigenvalue weighted by Gasteiger charge is 2.32. The van der Waals surface area contributed by atoms with Crippen LogP contribution >= 0.6 is 0 Å². The lowest BCUT2D eigenvalue weighted by Crippen LogP contribution is -2.52. The fourth-order valence-electron chi connectivity index (χ4n) is 4.74. The number of anilines is 1. The van der Waals surface area contributed by atoms with Crippen molar-refractivity contribution in [1.82, 2.24) is 10.2 Å². The minimum absolute atomic E-state index is 0.0517. The van der Waals surface area contributed by atoms with Gasteiger partial charge in [0.15, 0.2) is 11.5 Å². The van der Waals surface area contributed by atoms with Gasteiger partial charge in [0.2, 0.25) is 28.6 Å². The molecule has 1 aliphatic heterocycles. The van der Waals surface area contributed by atoms with Crippen molar-refractivity contribution in [3.05, 3.63) is 53.6 Å². The number of hydrogen-bond donors (Lipinski definition) is 1. The summed E-state index contributed by atoms with van der Waals surface area (Å²) in [7, 11) is -3.81. The predicted molar refractivity (Wildman–Crippen MR) is 141 cm³/mol. The zero-order chi connectivity index (χ0) is 26.6. The van der Waals surface area contributed by atoms with Crippen molar-refractivity contribution in [2.75, 3.05) is 23.4 Å². The van der Waals surface area contributed by atoms with Gasteiger partial charge in [0.1, 0.15) is 12.6 Å². The van der Waals surface area contributed by atoms with Crippen molar-refractivity contribution in [3.63, 3.8) is 0 Å². The van der Waals surface area contributed by atoms with Gasteiger partial charge in [0.25, 0.3) is 0 Å². The van der Waals surface area contributed by atoms with Crippen LogP contribution in [0.4, 0.5) is 5.69 Å². The first-order valence-electron chi connectivity index (χ1n) is 12.7. The number of fused-ring (bicyclic) bond motifs is 1. The average molecular weight is 530 g/mol. The first-order valence-corrected chi connectivity index (χ1v) is 14.3. The molecule has 0 saturated heterocycles. The molecular weight excluding hydrogens is 494 g/mol. The SMILES string of the molecule is CCS(=O)(=O)N(CC(=O)N(Cc1cccc(C)c1)C(C)C(=O)NC1CCCC1)c1ccc2c(c1)OCO2. The third-order valence-electron chi connectivity index (χ3n) is 6.93. The predicted octanol–water partition coefficient (Wildman–Crippen LogP) is 3.36. The van der Waals surface area contributed by atoms with Crippen molar-refractivity contribution in [3.8, 4) is 11.5 Å². The summed E-state index contributed by atoms with van der Waals surface area (Å²) in [5.41, 5.74) is 2.20. The molecule has 2 aromatic rings.